The Labute approximate surface area is 146 Å². The molecule has 6 nitrogen and oxygen atoms in total. The van der Waals surface area contributed by atoms with Crippen molar-refractivity contribution in [1.82, 2.24) is 15.0 Å². The fourth-order valence-corrected chi connectivity index (χ4v) is 3.36. The number of pyridine rings is 1. The Balaban J connectivity index is 1.42. The molecule has 2 aromatic rings. The van der Waals surface area contributed by atoms with Crippen molar-refractivity contribution in [2.75, 3.05) is 49.2 Å². The van der Waals surface area contributed by atoms with Gasteiger partial charge in [0.25, 0.3) is 0 Å². The predicted octanol–water partition coefficient (Wildman–Crippen LogP) is 2.36. The first-order valence-electron chi connectivity index (χ1n) is 8.31. The zero-order valence-corrected chi connectivity index (χ0v) is 14.2. The lowest BCUT2D eigenvalue weighted by Gasteiger charge is -2.36. The van der Waals surface area contributed by atoms with Crippen molar-refractivity contribution < 1.29 is 4.74 Å². The number of piperazine rings is 1. The minimum absolute atomic E-state index is 0.409. The molecule has 0 aliphatic carbocycles. The first-order chi connectivity index (χ1) is 11.8. The Morgan fingerprint density at radius 3 is 2.46 bits per heavy atom. The molecular weight excluding hydrogens is 326 g/mol. The minimum Gasteiger partial charge on any atom is -0.381 e. The molecule has 0 amide bonds. The fraction of sp³-hybridized carbons (Fsp3) is 0.471. The van der Waals surface area contributed by atoms with Crippen molar-refractivity contribution in [2.45, 2.75) is 12.3 Å². The summed E-state index contributed by atoms with van der Waals surface area (Å²) in [6, 6.07) is 5.98. The number of rotatable bonds is 3. The molecule has 24 heavy (non-hydrogen) atoms. The molecule has 2 aliphatic rings. The molecular formula is C17H20ClN5O. The van der Waals surface area contributed by atoms with Crippen LogP contribution < -0.4 is 9.80 Å². The summed E-state index contributed by atoms with van der Waals surface area (Å²) in [5.41, 5.74) is 1.10. The number of hydrogen-bond acceptors (Lipinski definition) is 6. The molecule has 4 heterocycles. The molecule has 2 aromatic heterocycles. The standard InChI is InChI=1S/C17H20ClN5O/c18-14-1-2-16(19-10-14)22-4-6-23(7-5-22)17-9-15(20-12-21-17)13-3-8-24-11-13/h1-2,9-10,12-13H,3-8,11H2/t13-/m0/s1. The lowest BCUT2D eigenvalue weighted by Crippen LogP contribution is -2.47. The summed E-state index contributed by atoms with van der Waals surface area (Å²) in [5, 5.41) is 0.668. The maximum absolute atomic E-state index is 5.91. The summed E-state index contributed by atoms with van der Waals surface area (Å²) in [4.78, 5) is 17.9. The van der Waals surface area contributed by atoms with E-state index in [1.54, 1.807) is 12.5 Å². The number of anilines is 2. The maximum atomic E-state index is 5.91. The zero-order valence-electron chi connectivity index (χ0n) is 13.4. The van der Waals surface area contributed by atoms with E-state index in [9.17, 15) is 0 Å². The molecule has 126 valence electrons. The van der Waals surface area contributed by atoms with Crippen LogP contribution in [0.3, 0.4) is 0 Å². The largest absolute Gasteiger partial charge is 0.381 e. The average molecular weight is 346 g/mol. The topological polar surface area (TPSA) is 54.4 Å². The zero-order chi connectivity index (χ0) is 16.4. The van der Waals surface area contributed by atoms with Gasteiger partial charge in [0.05, 0.1) is 17.3 Å². The summed E-state index contributed by atoms with van der Waals surface area (Å²) in [5.74, 6) is 2.40. The Morgan fingerprint density at radius 2 is 1.79 bits per heavy atom. The minimum atomic E-state index is 0.409. The first kappa shape index (κ1) is 15.6. The molecule has 2 aliphatic heterocycles. The predicted molar refractivity (Wildman–Crippen MR) is 93.9 cm³/mol. The van der Waals surface area contributed by atoms with Gasteiger partial charge in [0.2, 0.25) is 0 Å². The van der Waals surface area contributed by atoms with Crippen LogP contribution in [0.5, 0.6) is 0 Å². The van der Waals surface area contributed by atoms with Gasteiger partial charge in [-0.2, -0.15) is 0 Å². The van der Waals surface area contributed by atoms with E-state index in [0.717, 1.165) is 63.1 Å². The summed E-state index contributed by atoms with van der Waals surface area (Å²) in [6.07, 6.45) is 4.42. The smallest absolute Gasteiger partial charge is 0.132 e. The third-order valence-corrected chi connectivity index (χ3v) is 4.88. The van der Waals surface area contributed by atoms with Crippen molar-refractivity contribution in [3.63, 3.8) is 0 Å². The molecule has 0 N–H and O–H groups in total. The normalized spacial score (nSPS) is 21.3. The SMILES string of the molecule is Clc1ccc(N2CCN(c3cc([C@H]4CCOC4)ncn3)CC2)nc1. The van der Waals surface area contributed by atoms with Crippen LogP contribution in [0, 0.1) is 0 Å². The van der Waals surface area contributed by atoms with E-state index in [4.69, 9.17) is 16.3 Å². The Hall–Kier alpha value is -1.92. The second kappa shape index (κ2) is 6.91. The van der Waals surface area contributed by atoms with Crippen LogP contribution in [0.1, 0.15) is 18.0 Å². The Morgan fingerprint density at radius 1 is 1.00 bits per heavy atom. The number of hydrogen-bond donors (Lipinski definition) is 0. The summed E-state index contributed by atoms with van der Waals surface area (Å²) in [7, 11) is 0. The van der Waals surface area contributed by atoms with Crippen molar-refractivity contribution >= 4 is 23.2 Å². The van der Waals surface area contributed by atoms with Gasteiger partial charge in [0.1, 0.15) is 18.0 Å². The van der Waals surface area contributed by atoms with E-state index in [1.807, 2.05) is 12.1 Å². The number of nitrogens with zero attached hydrogens (tertiary/aromatic N) is 5. The highest BCUT2D eigenvalue weighted by molar-refractivity contribution is 6.30. The molecule has 4 rings (SSSR count). The van der Waals surface area contributed by atoms with Gasteiger partial charge in [-0.3, -0.25) is 0 Å². The van der Waals surface area contributed by atoms with E-state index in [-0.39, 0.29) is 0 Å². The van der Waals surface area contributed by atoms with Crippen LogP contribution >= 0.6 is 11.6 Å². The van der Waals surface area contributed by atoms with E-state index in [0.29, 0.717) is 10.9 Å². The van der Waals surface area contributed by atoms with E-state index >= 15 is 0 Å². The third kappa shape index (κ3) is 3.30. The van der Waals surface area contributed by atoms with Crippen molar-refractivity contribution in [3.05, 3.63) is 41.4 Å². The summed E-state index contributed by atoms with van der Waals surface area (Å²) >= 11 is 5.91. The van der Waals surface area contributed by atoms with Crippen LogP contribution in [0.15, 0.2) is 30.7 Å². The fourth-order valence-electron chi connectivity index (χ4n) is 3.25. The lowest BCUT2D eigenvalue weighted by atomic mass is 10.0. The second-order valence-electron chi connectivity index (χ2n) is 6.17. The highest BCUT2D eigenvalue weighted by Crippen LogP contribution is 2.26. The number of aromatic nitrogens is 3. The van der Waals surface area contributed by atoms with Gasteiger partial charge in [0.15, 0.2) is 0 Å². The molecule has 7 heteroatoms. The van der Waals surface area contributed by atoms with Crippen molar-refractivity contribution in [2.24, 2.45) is 0 Å². The van der Waals surface area contributed by atoms with Gasteiger partial charge in [-0.15, -0.1) is 0 Å². The van der Waals surface area contributed by atoms with Crippen LogP contribution in [-0.2, 0) is 4.74 Å². The Kier molecular flexibility index (Phi) is 4.49. The molecule has 0 saturated carbocycles. The number of ether oxygens (including phenoxy) is 1. The van der Waals surface area contributed by atoms with Crippen molar-refractivity contribution in [3.8, 4) is 0 Å². The molecule has 1 atom stereocenters. The van der Waals surface area contributed by atoms with Gasteiger partial charge in [-0.05, 0) is 18.6 Å². The molecule has 2 fully saturated rings. The molecule has 0 spiro atoms. The lowest BCUT2D eigenvalue weighted by molar-refractivity contribution is 0.193. The highest BCUT2D eigenvalue weighted by atomic mass is 35.5. The molecule has 2 saturated heterocycles. The Bertz CT molecular complexity index is 682. The molecule has 0 aromatic carbocycles. The second-order valence-corrected chi connectivity index (χ2v) is 6.61. The summed E-state index contributed by atoms with van der Waals surface area (Å²) < 4.78 is 5.47. The van der Waals surface area contributed by atoms with Gasteiger partial charge in [0, 0.05) is 51.0 Å². The van der Waals surface area contributed by atoms with E-state index < -0.39 is 0 Å². The van der Waals surface area contributed by atoms with E-state index in [2.05, 4.69) is 30.8 Å². The van der Waals surface area contributed by atoms with Gasteiger partial charge in [-0.1, -0.05) is 11.6 Å². The van der Waals surface area contributed by atoms with Gasteiger partial charge < -0.3 is 14.5 Å². The molecule has 0 unspecified atom stereocenters. The first-order valence-corrected chi connectivity index (χ1v) is 8.68. The van der Waals surface area contributed by atoms with Gasteiger partial charge in [-0.25, -0.2) is 15.0 Å². The van der Waals surface area contributed by atoms with Crippen LogP contribution in [0.25, 0.3) is 0 Å². The van der Waals surface area contributed by atoms with Crippen LogP contribution in [0.2, 0.25) is 5.02 Å². The maximum Gasteiger partial charge on any atom is 0.132 e. The highest BCUT2D eigenvalue weighted by Gasteiger charge is 2.22. The summed E-state index contributed by atoms with van der Waals surface area (Å²) in [6.45, 7) is 5.27. The van der Waals surface area contributed by atoms with Crippen molar-refractivity contribution in [1.29, 1.82) is 0 Å². The molecule has 0 bridgehead atoms. The van der Waals surface area contributed by atoms with Crippen LogP contribution in [-0.4, -0.2) is 54.3 Å². The monoisotopic (exact) mass is 345 g/mol. The van der Waals surface area contributed by atoms with E-state index in [1.165, 1.54) is 0 Å². The third-order valence-electron chi connectivity index (χ3n) is 4.66. The van der Waals surface area contributed by atoms with Crippen LogP contribution in [0.4, 0.5) is 11.6 Å². The quantitative estimate of drug-likeness (QED) is 0.851. The molecule has 0 radical (unpaired) electrons. The van der Waals surface area contributed by atoms with Gasteiger partial charge >= 0.3 is 0 Å². The number of halogens is 1. The average Bonchev–Trinajstić information content (AvgIpc) is 3.17.